The Kier molecular flexibility index (Phi) is 4.87. The second-order valence-corrected chi connectivity index (χ2v) is 3.63. The zero-order chi connectivity index (χ0) is 11.1. The summed E-state index contributed by atoms with van der Waals surface area (Å²) >= 11 is 0. The van der Waals surface area contributed by atoms with Crippen LogP contribution in [-0.4, -0.2) is 36.3 Å². The predicted octanol–water partition coefficient (Wildman–Crippen LogP) is 0.691. The van der Waals surface area contributed by atoms with E-state index in [-0.39, 0.29) is 11.8 Å². The minimum Gasteiger partial charge on any atom is -0.352 e. The molecule has 0 aromatic carbocycles. The Morgan fingerprint density at radius 2 is 2.00 bits per heavy atom. The van der Waals surface area contributed by atoms with Crippen LogP contribution < -0.4 is 5.32 Å². The lowest BCUT2D eigenvalue weighted by molar-refractivity contribution is -0.130. The van der Waals surface area contributed by atoms with Crippen LogP contribution in [0.4, 0.5) is 0 Å². The lowest BCUT2D eigenvalue weighted by Crippen LogP contribution is -2.32. The molecule has 1 saturated heterocycles. The molecule has 15 heavy (non-hydrogen) atoms. The highest BCUT2D eigenvalue weighted by Gasteiger charge is 2.16. The van der Waals surface area contributed by atoms with Crippen LogP contribution in [0.1, 0.15) is 26.2 Å². The van der Waals surface area contributed by atoms with Crippen molar-refractivity contribution in [1.82, 2.24) is 10.2 Å². The Morgan fingerprint density at radius 3 is 2.60 bits per heavy atom. The lowest BCUT2D eigenvalue weighted by atomic mass is 10.3. The zero-order valence-corrected chi connectivity index (χ0v) is 9.16. The van der Waals surface area contributed by atoms with Gasteiger partial charge >= 0.3 is 0 Å². The van der Waals surface area contributed by atoms with Gasteiger partial charge in [0.15, 0.2) is 0 Å². The summed E-state index contributed by atoms with van der Waals surface area (Å²) in [4.78, 5) is 24.4. The highest BCUT2D eigenvalue weighted by Crippen LogP contribution is 2.08. The molecule has 1 rings (SSSR count). The molecule has 1 aliphatic rings. The molecule has 1 heterocycles. The van der Waals surface area contributed by atoms with Crippen molar-refractivity contribution in [3.8, 4) is 0 Å². The van der Waals surface area contributed by atoms with E-state index in [0.717, 1.165) is 25.9 Å². The van der Waals surface area contributed by atoms with Crippen molar-refractivity contribution in [1.29, 1.82) is 0 Å². The maximum atomic E-state index is 11.5. The summed E-state index contributed by atoms with van der Waals surface area (Å²) in [5.41, 5.74) is 0. The molecule has 1 aliphatic heterocycles. The van der Waals surface area contributed by atoms with Crippen molar-refractivity contribution in [2.24, 2.45) is 0 Å². The molecule has 0 spiro atoms. The molecule has 0 aromatic rings. The average Bonchev–Trinajstić information content (AvgIpc) is 2.70. The monoisotopic (exact) mass is 210 g/mol. The van der Waals surface area contributed by atoms with Gasteiger partial charge in [0.25, 0.3) is 0 Å². The van der Waals surface area contributed by atoms with Gasteiger partial charge in [-0.15, -0.1) is 0 Å². The fraction of sp³-hybridized carbons (Fsp3) is 0.636. The first-order valence-corrected chi connectivity index (χ1v) is 5.42. The first-order chi connectivity index (χ1) is 7.24. The van der Waals surface area contributed by atoms with Crippen molar-refractivity contribution in [3.63, 3.8) is 0 Å². The van der Waals surface area contributed by atoms with Gasteiger partial charge in [0.1, 0.15) is 0 Å². The Balaban J connectivity index is 2.14. The van der Waals surface area contributed by atoms with Crippen molar-refractivity contribution < 1.29 is 9.59 Å². The fourth-order valence-electron chi connectivity index (χ4n) is 1.63. The summed E-state index contributed by atoms with van der Waals surface area (Å²) in [6.07, 6.45) is 5.76. The number of amides is 2. The fourth-order valence-corrected chi connectivity index (χ4v) is 1.63. The summed E-state index contributed by atoms with van der Waals surface area (Å²) in [5.74, 6) is 0.0139. The van der Waals surface area contributed by atoms with Crippen molar-refractivity contribution in [2.45, 2.75) is 26.2 Å². The molecule has 0 aliphatic carbocycles. The standard InChI is InChI=1S/C11H18N2O2/c1-2-5-10(14)12-7-6-11(15)13-8-3-4-9-13/h2,5H,3-4,6-9H2,1H3,(H,12,14). The Hall–Kier alpha value is -1.32. The highest BCUT2D eigenvalue weighted by atomic mass is 16.2. The van der Waals surface area contributed by atoms with E-state index >= 15 is 0 Å². The van der Waals surface area contributed by atoms with Crippen LogP contribution >= 0.6 is 0 Å². The van der Waals surface area contributed by atoms with E-state index in [9.17, 15) is 9.59 Å². The van der Waals surface area contributed by atoms with Crippen LogP contribution in [0.5, 0.6) is 0 Å². The third-order valence-corrected chi connectivity index (χ3v) is 2.41. The summed E-state index contributed by atoms with van der Waals surface area (Å²) in [7, 11) is 0. The van der Waals surface area contributed by atoms with E-state index in [1.807, 2.05) is 4.90 Å². The first kappa shape index (κ1) is 11.8. The largest absolute Gasteiger partial charge is 0.352 e. The molecule has 84 valence electrons. The summed E-state index contributed by atoms with van der Waals surface area (Å²) in [6, 6.07) is 0. The summed E-state index contributed by atoms with van der Waals surface area (Å²) < 4.78 is 0. The Bertz CT molecular complexity index is 255. The van der Waals surface area contributed by atoms with Gasteiger partial charge in [-0.2, -0.15) is 0 Å². The molecule has 0 aromatic heterocycles. The minimum absolute atomic E-state index is 0.133. The second kappa shape index (κ2) is 6.22. The van der Waals surface area contributed by atoms with E-state index in [2.05, 4.69) is 5.32 Å². The van der Waals surface area contributed by atoms with Crippen molar-refractivity contribution >= 4 is 11.8 Å². The van der Waals surface area contributed by atoms with Crippen molar-refractivity contribution in [3.05, 3.63) is 12.2 Å². The van der Waals surface area contributed by atoms with Gasteiger partial charge in [0.05, 0.1) is 0 Å². The van der Waals surface area contributed by atoms with E-state index in [0.29, 0.717) is 13.0 Å². The van der Waals surface area contributed by atoms with Crippen LogP contribution in [-0.2, 0) is 9.59 Å². The number of hydrogen-bond donors (Lipinski definition) is 1. The maximum Gasteiger partial charge on any atom is 0.243 e. The average molecular weight is 210 g/mol. The van der Waals surface area contributed by atoms with E-state index in [4.69, 9.17) is 0 Å². The van der Waals surface area contributed by atoms with Crippen LogP contribution in [0.2, 0.25) is 0 Å². The first-order valence-electron chi connectivity index (χ1n) is 5.42. The molecule has 0 unspecified atom stereocenters. The highest BCUT2D eigenvalue weighted by molar-refractivity contribution is 5.87. The molecule has 1 N–H and O–H groups in total. The quantitative estimate of drug-likeness (QED) is 0.694. The SMILES string of the molecule is CC=CC(=O)NCCC(=O)N1CCCC1. The number of hydrogen-bond acceptors (Lipinski definition) is 2. The third kappa shape index (κ3) is 4.14. The molecular formula is C11H18N2O2. The van der Waals surface area contributed by atoms with Gasteiger partial charge in [0.2, 0.25) is 11.8 Å². The molecule has 2 amide bonds. The van der Waals surface area contributed by atoms with Crippen molar-refractivity contribution in [2.75, 3.05) is 19.6 Å². The molecule has 4 heteroatoms. The van der Waals surface area contributed by atoms with Crippen LogP contribution in [0.25, 0.3) is 0 Å². The minimum atomic E-state index is -0.133. The van der Waals surface area contributed by atoms with Crippen LogP contribution in [0, 0.1) is 0 Å². The third-order valence-electron chi connectivity index (χ3n) is 2.41. The van der Waals surface area contributed by atoms with Gasteiger partial charge in [0, 0.05) is 26.1 Å². The summed E-state index contributed by atoms with van der Waals surface area (Å²) in [5, 5.41) is 2.66. The molecular weight excluding hydrogens is 192 g/mol. The molecule has 1 fully saturated rings. The second-order valence-electron chi connectivity index (χ2n) is 3.63. The summed E-state index contributed by atoms with van der Waals surface area (Å²) in [6.45, 7) is 3.97. The van der Waals surface area contributed by atoms with Crippen LogP contribution in [0.15, 0.2) is 12.2 Å². The number of carbonyl (C=O) groups excluding carboxylic acids is 2. The molecule has 0 saturated carbocycles. The van der Waals surface area contributed by atoms with Gasteiger partial charge in [-0.3, -0.25) is 9.59 Å². The number of likely N-dealkylation sites (tertiary alicyclic amines) is 1. The zero-order valence-electron chi connectivity index (χ0n) is 9.16. The topological polar surface area (TPSA) is 49.4 Å². The van der Waals surface area contributed by atoms with Gasteiger partial charge in [-0.1, -0.05) is 6.08 Å². The maximum absolute atomic E-state index is 11.5. The smallest absolute Gasteiger partial charge is 0.243 e. The molecule has 0 radical (unpaired) electrons. The number of nitrogens with zero attached hydrogens (tertiary/aromatic N) is 1. The number of allylic oxidation sites excluding steroid dienone is 1. The van der Waals surface area contributed by atoms with E-state index in [1.54, 1.807) is 13.0 Å². The molecule has 4 nitrogen and oxygen atoms in total. The van der Waals surface area contributed by atoms with Gasteiger partial charge in [-0.25, -0.2) is 0 Å². The number of rotatable bonds is 4. The number of nitrogens with one attached hydrogen (secondary N) is 1. The lowest BCUT2D eigenvalue weighted by Gasteiger charge is -2.14. The van der Waals surface area contributed by atoms with Gasteiger partial charge in [-0.05, 0) is 25.8 Å². The number of carbonyl (C=O) groups is 2. The molecule has 0 bridgehead atoms. The predicted molar refractivity (Wildman–Crippen MR) is 58.3 cm³/mol. The van der Waals surface area contributed by atoms with E-state index in [1.165, 1.54) is 6.08 Å². The normalized spacial score (nSPS) is 15.9. The Labute approximate surface area is 90.3 Å². The molecule has 0 atom stereocenters. The Morgan fingerprint density at radius 1 is 1.33 bits per heavy atom. The van der Waals surface area contributed by atoms with Gasteiger partial charge < -0.3 is 10.2 Å². The van der Waals surface area contributed by atoms with Crippen LogP contribution in [0.3, 0.4) is 0 Å². The van der Waals surface area contributed by atoms with E-state index < -0.39 is 0 Å².